The Bertz CT molecular complexity index is 907. The van der Waals surface area contributed by atoms with Gasteiger partial charge in [0.2, 0.25) is 0 Å². The van der Waals surface area contributed by atoms with Crippen molar-refractivity contribution < 1.29 is 4.79 Å². The molecule has 1 N–H and O–H groups in total. The smallest absolute Gasteiger partial charge is 0.253 e. The second kappa shape index (κ2) is 8.85. The van der Waals surface area contributed by atoms with Crippen LogP contribution >= 0.6 is 11.6 Å². The molecular formula is C23H23ClN2O. The highest BCUT2D eigenvalue weighted by molar-refractivity contribution is 6.30. The minimum atomic E-state index is 0.0128. The third-order valence-corrected chi connectivity index (χ3v) is 4.74. The molecule has 3 aromatic carbocycles. The molecule has 0 aromatic heterocycles. The van der Waals surface area contributed by atoms with E-state index in [9.17, 15) is 4.79 Å². The zero-order valence-corrected chi connectivity index (χ0v) is 16.3. The van der Waals surface area contributed by atoms with Crippen LogP contribution < -0.4 is 5.32 Å². The van der Waals surface area contributed by atoms with Crippen LogP contribution in [0, 0.1) is 0 Å². The number of hydrogen-bond acceptors (Lipinski definition) is 2. The van der Waals surface area contributed by atoms with Gasteiger partial charge in [-0.25, -0.2) is 0 Å². The SMILES string of the molecule is CNCc1cc(C(=O)N(C)Cc2ccccc2)ccc1-c1ccc(Cl)cc1. The van der Waals surface area contributed by atoms with E-state index in [1.807, 2.05) is 86.9 Å². The molecular weight excluding hydrogens is 356 g/mol. The number of amides is 1. The molecule has 138 valence electrons. The maximum atomic E-state index is 12.9. The molecule has 0 aliphatic carbocycles. The van der Waals surface area contributed by atoms with E-state index >= 15 is 0 Å². The van der Waals surface area contributed by atoms with Crippen LogP contribution in [0.2, 0.25) is 5.02 Å². The van der Waals surface area contributed by atoms with Crippen LogP contribution in [0.15, 0.2) is 72.8 Å². The Labute approximate surface area is 165 Å². The summed E-state index contributed by atoms with van der Waals surface area (Å²) in [6.07, 6.45) is 0. The number of hydrogen-bond donors (Lipinski definition) is 1. The van der Waals surface area contributed by atoms with E-state index in [1.54, 1.807) is 4.90 Å². The normalized spacial score (nSPS) is 10.6. The number of rotatable bonds is 6. The van der Waals surface area contributed by atoms with Gasteiger partial charge in [-0.1, -0.05) is 60.1 Å². The molecule has 0 saturated heterocycles. The van der Waals surface area contributed by atoms with Crippen molar-refractivity contribution in [1.29, 1.82) is 0 Å². The van der Waals surface area contributed by atoms with Crippen LogP contribution in [0.25, 0.3) is 11.1 Å². The van der Waals surface area contributed by atoms with Crippen LogP contribution in [0.4, 0.5) is 0 Å². The molecule has 0 aliphatic heterocycles. The van der Waals surface area contributed by atoms with Crippen molar-refractivity contribution in [3.8, 4) is 11.1 Å². The lowest BCUT2D eigenvalue weighted by atomic mass is 9.97. The highest BCUT2D eigenvalue weighted by atomic mass is 35.5. The molecule has 3 aromatic rings. The standard InChI is InChI=1S/C23H23ClN2O/c1-25-15-20-14-19(10-13-22(20)18-8-11-21(24)12-9-18)23(27)26(2)16-17-6-4-3-5-7-17/h3-14,25H,15-16H2,1-2H3. The minimum Gasteiger partial charge on any atom is -0.337 e. The fourth-order valence-corrected chi connectivity index (χ4v) is 3.25. The number of halogens is 1. The summed E-state index contributed by atoms with van der Waals surface area (Å²) in [5.74, 6) is 0.0128. The van der Waals surface area contributed by atoms with Gasteiger partial charge in [-0.3, -0.25) is 4.79 Å². The Morgan fingerprint density at radius 3 is 2.37 bits per heavy atom. The van der Waals surface area contributed by atoms with Crippen molar-refractivity contribution in [2.24, 2.45) is 0 Å². The summed E-state index contributed by atoms with van der Waals surface area (Å²) < 4.78 is 0. The number of carbonyl (C=O) groups excluding carboxylic acids is 1. The molecule has 0 spiro atoms. The van der Waals surface area contributed by atoms with Crippen molar-refractivity contribution in [2.75, 3.05) is 14.1 Å². The second-order valence-electron chi connectivity index (χ2n) is 6.56. The predicted octanol–water partition coefficient (Wildman–Crippen LogP) is 5.00. The Morgan fingerprint density at radius 2 is 1.70 bits per heavy atom. The molecule has 0 saturated carbocycles. The van der Waals surface area contributed by atoms with Crippen LogP contribution in [-0.4, -0.2) is 24.9 Å². The van der Waals surface area contributed by atoms with E-state index < -0.39 is 0 Å². The Balaban J connectivity index is 1.86. The van der Waals surface area contributed by atoms with Crippen molar-refractivity contribution in [1.82, 2.24) is 10.2 Å². The van der Waals surface area contributed by atoms with Crippen molar-refractivity contribution in [3.63, 3.8) is 0 Å². The van der Waals surface area contributed by atoms with Gasteiger partial charge in [0, 0.05) is 30.7 Å². The molecule has 0 unspecified atom stereocenters. The largest absolute Gasteiger partial charge is 0.337 e. The number of nitrogens with one attached hydrogen (secondary N) is 1. The van der Waals surface area contributed by atoms with E-state index in [0.29, 0.717) is 23.7 Å². The summed E-state index contributed by atoms with van der Waals surface area (Å²) in [6, 6.07) is 23.7. The molecule has 0 radical (unpaired) electrons. The Hall–Kier alpha value is -2.62. The minimum absolute atomic E-state index is 0.0128. The Morgan fingerprint density at radius 1 is 1.00 bits per heavy atom. The van der Waals surface area contributed by atoms with Gasteiger partial charge in [0.05, 0.1) is 0 Å². The second-order valence-corrected chi connectivity index (χ2v) is 6.99. The molecule has 0 atom stereocenters. The first-order chi connectivity index (χ1) is 13.1. The van der Waals surface area contributed by atoms with Gasteiger partial charge in [0.15, 0.2) is 0 Å². The van der Waals surface area contributed by atoms with E-state index in [1.165, 1.54) is 0 Å². The van der Waals surface area contributed by atoms with Gasteiger partial charge in [0.25, 0.3) is 5.91 Å². The van der Waals surface area contributed by atoms with Crippen LogP contribution in [-0.2, 0) is 13.1 Å². The van der Waals surface area contributed by atoms with Crippen molar-refractivity contribution in [2.45, 2.75) is 13.1 Å². The number of carbonyl (C=O) groups is 1. The maximum Gasteiger partial charge on any atom is 0.253 e. The zero-order valence-electron chi connectivity index (χ0n) is 15.6. The van der Waals surface area contributed by atoms with Gasteiger partial charge in [0.1, 0.15) is 0 Å². The van der Waals surface area contributed by atoms with Gasteiger partial charge >= 0.3 is 0 Å². The summed E-state index contributed by atoms with van der Waals surface area (Å²) in [5.41, 5.74) is 5.07. The number of benzene rings is 3. The van der Waals surface area contributed by atoms with E-state index in [4.69, 9.17) is 11.6 Å². The lowest BCUT2D eigenvalue weighted by molar-refractivity contribution is 0.0785. The maximum absolute atomic E-state index is 12.9. The summed E-state index contributed by atoms with van der Waals surface area (Å²) in [5, 5.41) is 3.90. The van der Waals surface area contributed by atoms with Crippen LogP contribution in [0.3, 0.4) is 0 Å². The molecule has 0 aliphatic rings. The molecule has 4 heteroatoms. The van der Waals surface area contributed by atoms with E-state index in [-0.39, 0.29) is 5.91 Å². The van der Waals surface area contributed by atoms with E-state index in [2.05, 4.69) is 5.32 Å². The molecule has 3 nitrogen and oxygen atoms in total. The molecule has 3 rings (SSSR count). The van der Waals surface area contributed by atoms with Crippen molar-refractivity contribution in [3.05, 3.63) is 94.5 Å². The molecule has 27 heavy (non-hydrogen) atoms. The average molecular weight is 379 g/mol. The average Bonchev–Trinajstić information content (AvgIpc) is 2.69. The Kier molecular flexibility index (Phi) is 6.28. The fourth-order valence-electron chi connectivity index (χ4n) is 3.12. The first-order valence-electron chi connectivity index (χ1n) is 8.91. The van der Waals surface area contributed by atoms with Gasteiger partial charge in [-0.2, -0.15) is 0 Å². The highest BCUT2D eigenvalue weighted by Crippen LogP contribution is 2.27. The predicted molar refractivity (Wildman–Crippen MR) is 112 cm³/mol. The van der Waals surface area contributed by atoms with Gasteiger partial charge in [-0.05, 0) is 53.6 Å². The number of nitrogens with zero attached hydrogens (tertiary/aromatic N) is 1. The third-order valence-electron chi connectivity index (χ3n) is 4.48. The zero-order chi connectivity index (χ0) is 19.2. The summed E-state index contributed by atoms with van der Waals surface area (Å²) >= 11 is 6.01. The monoisotopic (exact) mass is 378 g/mol. The molecule has 0 bridgehead atoms. The summed E-state index contributed by atoms with van der Waals surface area (Å²) in [7, 11) is 3.74. The quantitative estimate of drug-likeness (QED) is 0.654. The molecule has 0 heterocycles. The van der Waals surface area contributed by atoms with Crippen molar-refractivity contribution >= 4 is 17.5 Å². The van der Waals surface area contributed by atoms with Gasteiger partial charge < -0.3 is 10.2 Å². The lowest BCUT2D eigenvalue weighted by Gasteiger charge is -2.19. The van der Waals surface area contributed by atoms with Gasteiger partial charge in [-0.15, -0.1) is 0 Å². The summed E-state index contributed by atoms with van der Waals surface area (Å²) in [6.45, 7) is 1.27. The third kappa shape index (κ3) is 4.76. The first kappa shape index (κ1) is 19.2. The van der Waals surface area contributed by atoms with E-state index in [0.717, 1.165) is 22.3 Å². The fraction of sp³-hybridized carbons (Fsp3) is 0.174. The summed E-state index contributed by atoms with van der Waals surface area (Å²) in [4.78, 5) is 14.6. The molecule has 1 amide bonds. The lowest BCUT2D eigenvalue weighted by Crippen LogP contribution is -2.26. The topological polar surface area (TPSA) is 32.3 Å². The van der Waals surface area contributed by atoms with Crippen LogP contribution in [0.5, 0.6) is 0 Å². The highest BCUT2D eigenvalue weighted by Gasteiger charge is 2.15. The van der Waals surface area contributed by atoms with Crippen LogP contribution in [0.1, 0.15) is 21.5 Å². The first-order valence-corrected chi connectivity index (χ1v) is 9.29. The molecule has 0 fully saturated rings.